The first-order chi connectivity index (χ1) is 6.33. The first-order valence-corrected chi connectivity index (χ1v) is 5.37. The molecule has 1 N–H and O–H groups in total. The lowest BCUT2D eigenvalue weighted by Crippen LogP contribution is -2.45. The number of nitrogens with zero attached hydrogens (tertiary/aromatic N) is 1. The minimum atomic E-state index is -0.0424. The third-order valence-corrected chi connectivity index (χ3v) is 2.76. The summed E-state index contributed by atoms with van der Waals surface area (Å²) in [4.78, 5) is 13.9. The Morgan fingerprint density at radius 2 is 2.07 bits per heavy atom. The highest BCUT2D eigenvalue weighted by atomic mass is 16.2. The summed E-state index contributed by atoms with van der Waals surface area (Å²) in [6.07, 6.45) is 0. The van der Waals surface area contributed by atoms with Crippen molar-refractivity contribution in [3.8, 4) is 0 Å². The number of nitrogens with one attached hydrogen (secondary N) is 1. The molecule has 1 unspecified atom stereocenters. The quantitative estimate of drug-likeness (QED) is 0.687. The van der Waals surface area contributed by atoms with Crippen LogP contribution in [0.4, 0.5) is 0 Å². The van der Waals surface area contributed by atoms with Gasteiger partial charge in [0.15, 0.2) is 0 Å². The molecule has 1 aliphatic rings. The Kier molecular flexibility index (Phi) is 3.20. The van der Waals surface area contributed by atoms with E-state index in [-0.39, 0.29) is 17.4 Å². The van der Waals surface area contributed by atoms with E-state index in [1.54, 1.807) is 0 Å². The van der Waals surface area contributed by atoms with Gasteiger partial charge in [-0.05, 0) is 26.2 Å². The second kappa shape index (κ2) is 3.89. The maximum absolute atomic E-state index is 11.9. The standard InChI is InChI=1S/C11H22N2O/c1-8(2)13-7-11(4,5)6-12-9(3)10(13)14/h8-9,12H,6-7H2,1-5H3. The first-order valence-electron chi connectivity index (χ1n) is 5.37. The molecule has 0 aromatic carbocycles. The zero-order valence-electron chi connectivity index (χ0n) is 9.92. The van der Waals surface area contributed by atoms with Crippen LogP contribution in [0.5, 0.6) is 0 Å². The predicted molar refractivity (Wildman–Crippen MR) is 58.1 cm³/mol. The zero-order valence-corrected chi connectivity index (χ0v) is 9.92. The molecule has 3 heteroatoms. The average molecular weight is 198 g/mol. The highest BCUT2D eigenvalue weighted by Gasteiger charge is 2.33. The molecule has 82 valence electrons. The number of carbonyl (C=O) groups excluding carboxylic acids is 1. The van der Waals surface area contributed by atoms with Crippen LogP contribution in [0.25, 0.3) is 0 Å². The molecule has 14 heavy (non-hydrogen) atoms. The molecular weight excluding hydrogens is 176 g/mol. The summed E-state index contributed by atoms with van der Waals surface area (Å²) >= 11 is 0. The van der Waals surface area contributed by atoms with Gasteiger partial charge < -0.3 is 10.2 Å². The van der Waals surface area contributed by atoms with Crippen LogP contribution >= 0.6 is 0 Å². The maximum atomic E-state index is 11.9. The van der Waals surface area contributed by atoms with E-state index in [1.165, 1.54) is 0 Å². The Labute approximate surface area is 86.9 Å². The van der Waals surface area contributed by atoms with Crippen LogP contribution in [0.15, 0.2) is 0 Å². The third-order valence-electron chi connectivity index (χ3n) is 2.76. The van der Waals surface area contributed by atoms with Crippen molar-refractivity contribution in [2.75, 3.05) is 13.1 Å². The van der Waals surface area contributed by atoms with Crippen molar-refractivity contribution in [1.82, 2.24) is 10.2 Å². The Bertz CT molecular complexity index is 223. The summed E-state index contributed by atoms with van der Waals surface area (Å²) in [6, 6.07) is 0.253. The molecule has 0 radical (unpaired) electrons. The second-order valence-corrected chi connectivity index (χ2v) is 5.33. The largest absolute Gasteiger partial charge is 0.338 e. The number of carbonyl (C=O) groups is 1. The third kappa shape index (κ3) is 2.47. The van der Waals surface area contributed by atoms with Gasteiger partial charge in [-0.2, -0.15) is 0 Å². The van der Waals surface area contributed by atoms with Gasteiger partial charge in [-0.1, -0.05) is 13.8 Å². The molecular formula is C11H22N2O. The average Bonchev–Trinajstić information content (AvgIpc) is 2.17. The van der Waals surface area contributed by atoms with Crippen LogP contribution in [0.1, 0.15) is 34.6 Å². The smallest absolute Gasteiger partial charge is 0.239 e. The molecule has 0 bridgehead atoms. The minimum Gasteiger partial charge on any atom is -0.338 e. The molecule has 0 aliphatic carbocycles. The Balaban J connectivity index is 2.84. The molecule has 0 spiro atoms. The van der Waals surface area contributed by atoms with Crippen molar-refractivity contribution >= 4 is 5.91 Å². The highest BCUT2D eigenvalue weighted by molar-refractivity contribution is 5.82. The fourth-order valence-electron chi connectivity index (χ4n) is 1.80. The number of hydrogen-bond donors (Lipinski definition) is 1. The fourth-order valence-corrected chi connectivity index (χ4v) is 1.80. The maximum Gasteiger partial charge on any atom is 0.239 e. The number of hydrogen-bond acceptors (Lipinski definition) is 2. The summed E-state index contributed by atoms with van der Waals surface area (Å²) in [7, 11) is 0. The van der Waals surface area contributed by atoms with Crippen LogP contribution in [0.2, 0.25) is 0 Å². The fraction of sp³-hybridized carbons (Fsp3) is 0.909. The van der Waals surface area contributed by atoms with Crippen LogP contribution in [0, 0.1) is 5.41 Å². The lowest BCUT2D eigenvalue weighted by molar-refractivity contribution is -0.134. The zero-order chi connectivity index (χ0) is 10.9. The van der Waals surface area contributed by atoms with Crippen LogP contribution in [0.3, 0.4) is 0 Å². The summed E-state index contributed by atoms with van der Waals surface area (Å²) in [5.74, 6) is 0.227. The molecule has 1 rings (SSSR count). The van der Waals surface area contributed by atoms with Crippen molar-refractivity contribution in [3.05, 3.63) is 0 Å². The highest BCUT2D eigenvalue weighted by Crippen LogP contribution is 2.21. The minimum absolute atomic E-state index is 0.0424. The van der Waals surface area contributed by atoms with E-state index in [1.807, 2.05) is 11.8 Å². The van der Waals surface area contributed by atoms with E-state index in [4.69, 9.17) is 0 Å². The van der Waals surface area contributed by atoms with Crippen LogP contribution in [-0.2, 0) is 4.79 Å². The van der Waals surface area contributed by atoms with Gasteiger partial charge in [0.1, 0.15) is 0 Å². The Morgan fingerprint density at radius 1 is 1.50 bits per heavy atom. The van der Waals surface area contributed by atoms with Gasteiger partial charge >= 0.3 is 0 Å². The van der Waals surface area contributed by atoms with E-state index in [9.17, 15) is 4.79 Å². The van der Waals surface area contributed by atoms with Crippen molar-refractivity contribution in [1.29, 1.82) is 0 Å². The van der Waals surface area contributed by atoms with E-state index in [0.717, 1.165) is 13.1 Å². The monoisotopic (exact) mass is 198 g/mol. The van der Waals surface area contributed by atoms with E-state index < -0.39 is 0 Å². The van der Waals surface area contributed by atoms with Crippen LogP contribution < -0.4 is 5.32 Å². The van der Waals surface area contributed by atoms with Gasteiger partial charge in [0.2, 0.25) is 5.91 Å². The first kappa shape index (κ1) is 11.5. The topological polar surface area (TPSA) is 32.3 Å². The predicted octanol–water partition coefficient (Wildman–Crippen LogP) is 1.24. The molecule has 1 aliphatic heterocycles. The summed E-state index contributed by atoms with van der Waals surface area (Å²) in [6.45, 7) is 12.2. The normalized spacial score (nSPS) is 28.0. The van der Waals surface area contributed by atoms with Gasteiger partial charge in [-0.15, -0.1) is 0 Å². The van der Waals surface area contributed by atoms with E-state index >= 15 is 0 Å². The molecule has 0 saturated carbocycles. The molecule has 1 heterocycles. The lowest BCUT2D eigenvalue weighted by Gasteiger charge is -2.32. The van der Waals surface area contributed by atoms with Gasteiger partial charge in [0.25, 0.3) is 0 Å². The lowest BCUT2D eigenvalue weighted by atomic mass is 9.93. The van der Waals surface area contributed by atoms with Crippen molar-refractivity contribution in [3.63, 3.8) is 0 Å². The van der Waals surface area contributed by atoms with Gasteiger partial charge in [0, 0.05) is 19.1 Å². The summed E-state index contributed by atoms with van der Waals surface area (Å²) in [5, 5.41) is 3.28. The molecule has 3 nitrogen and oxygen atoms in total. The van der Waals surface area contributed by atoms with Crippen LogP contribution in [-0.4, -0.2) is 36.0 Å². The molecule has 0 aromatic heterocycles. The molecule has 1 fully saturated rings. The molecule has 0 aromatic rings. The van der Waals surface area contributed by atoms with Crippen molar-refractivity contribution in [2.24, 2.45) is 5.41 Å². The van der Waals surface area contributed by atoms with Gasteiger partial charge in [-0.3, -0.25) is 4.79 Å². The SMILES string of the molecule is CC1NCC(C)(C)CN(C(C)C)C1=O. The van der Waals surface area contributed by atoms with Crippen molar-refractivity contribution < 1.29 is 4.79 Å². The Hall–Kier alpha value is -0.570. The number of amides is 1. The molecule has 1 atom stereocenters. The van der Waals surface area contributed by atoms with Gasteiger partial charge in [0.05, 0.1) is 6.04 Å². The Morgan fingerprint density at radius 3 is 2.57 bits per heavy atom. The summed E-state index contributed by atoms with van der Waals surface area (Å²) < 4.78 is 0. The van der Waals surface area contributed by atoms with Crippen molar-refractivity contribution in [2.45, 2.75) is 46.7 Å². The molecule has 1 saturated heterocycles. The van der Waals surface area contributed by atoms with Gasteiger partial charge in [-0.25, -0.2) is 0 Å². The summed E-state index contributed by atoms with van der Waals surface area (Å²) in [5.41, 5.74) is 0.171. The number of rotatable bonds is 1. The van der Waals surface area contributed by atoms with E-state index in [2.05, 4.69) is 33.0 Å². The van der Waals surface area contributed by atoms with E-state index in [0.29, 0.717) is 6.04 Å². The second-order valence-electron chi connectivity index (χ2n) is 5.33. The molecule has 1 amide bonds.